The largest absolute Gasteiger partial charge is 0.401 e. The van der Waals surface area contributed by atoms with Gasteiger partial charge in [0.1, 0.15) is 0 Å². The molecule has 0 heterocycles. The third-order valence-electron chi connectivity index (χ3n) is 3.72. The molecule has 0 radical (unpaired) electrons. The SMILES string of the molecule is CC(C)CC1CCCC(CO)(NCC(F)(F)F)C1. The summed E-state index contributed by atoms with van der Waals surface area (Å²) in [5, 5.41) is 12.0. The van der Waals surface area contributed by atoms with Gasteiger partial charge in [-0.2, -0.15) is 13.2 Å². The second-order valence-electron chi connectivity index (χ2n) is 6.00. The molecule has 1 fully saturated rings. The van der Waals surface area contributed by atoms with Crippen LogP contribution in [0.1, 0.15) is 46.0 Å². The highest BCUT2D eigenvalue weighted by atomic mass is 19.4. The van der Waals surface area contributed by atoms with E-state index in [1.807, 2.05) is 0 Å². The minimum absolute atomic E-state index is 0.211. The van der Waals surface area contributed by atoms with Crippen LogP contribution in [0.4, 0.5) is 13.2 Å². The molecule has 0 aliphatic heterocycles. The molecule has 5 heteroatoms. The summed E-state index contributed by atoms with van der Waals surface area (Å²) in [7, 11) is 0. The molecule has 108 valence electrons. The van der Waals surface area contributed by atoms with Crippen LogP contribution in [-0.2, 0) is 0 Å². The maximum absolute atomic E-state index is 12.3. The number of halogens is 3. The molecule has 0 spiro atoms. The van der Waals surface area contributed by atoms with Crippen LogP contribution in [0, 0.1) is 11.8 Å². The number of hydrogen-bond donors (Lipinski definition) is 2. The monoisotopic (exact) mass is 267 g/mol. The van der Waals surface area contributed by atoms with Crippen molar-refractivity contribution in [2.24, 2.45) is 11.8 Å². The zero-order chi connectivity index (χ0) is 13.8. The summed E-state index contributed by atoms with van der Waals surface area (Å²) in [4.78, 5) is 0. The van der Waals surface area contributed by atoms with E-state index in [1.54, 1.807) is 0 Å². The van der Waals surface area contributed by atoms with Gasteiger partial charge in [-0.1, -0.05) is 26.7 Å². The molecule has 0 bridgehead atoms. The second-order valence-corrected chi connectivity index (χ2v) is 6.00. The highest BCUT2D eigenvalue weighted by Gasteiger charge is 2.39. The number of rotatable bonds is 5. The van der Waals surface area contributed by atoms with Crippen LogP contribution in [0.2, 0.25) is 0 Å². The van der Waals surface area contributed by atoms with E-state index < -0.39 is 18.3 Å². The fourth-order valence-electron chi connectivity index (χ4n) is 3.00. The van der Waals surface area contributed by atoms with Crippen LogP contribution >= 0.6 is 0 Å². The molecule has 0 aromatic carbocycles. The van der Waals surface area contributed by atoms with Gasteiger partial charge in [-0.3, -0.25) is 0 Å². The second kappa shape index (κ2) is 6.24. The first-order valence-corrected chi connectivity index (χ1v) is 6.69. The van der Waals surface area contributed by atoms with Crippen molar-refractivity contribution in [1.82, 2.24) is 5.32 Å². The molecule has 18 heavy (non-hydrogen) atoms. The third-order valence-corrected chi connectivity index (χ3v) is 3.72. The topological polar surface area (TPSA) is 32.3 Å². The first-order valence-electron chi connectivity index (χ1n) is 6.69. The summed E-state index contributed by atoms with van der Waals surface area (Å²) < 4.78 is 36.8. The van der Waals surface area contributed by atoms with Gasteiger partial charge < -0.3 is 10.4 Å². The summed E-state index contributed by atoms with van der Waals surface area (Å²) in [6, 6.07) is 0. The Labute approximate surface area is 107 Å². The number of aliphatic hydroxyl groups is 1. The summed E-state index contributed by atoms with van der Waals surface area (Å²) in [6.45, 7) is 3.02. The highest BCUT2D eigenvalue weighted by molar-refractivity contribution is 4.94. The van der Waals surface area contributed by atoms with Crippen molar-refractivity contribution >= 4 is 0 Å². The normalized spacial score (nSPS) is 29.8. The first-order chi connectivity index (χ1) is 8.26. The standard InChI is InChI=1S/C13H24F3NO/c1-10(2)6-11-4-3-5-12(7-11,9-18)17-8-13(14,15)16/h10-11,17-18H,3-9H2,1-2H3. The maximum Gasteiger partial charge on any atom is 0.401 e. The Morgan fingerprint density at radius 3 is 2.56 bits per heavy atom. The van der Waals surface area contributed by atoms with Crippen molar-refractivity contribution < 1.29 is 18.3 Å². The lowest BCUT2D eigenvalue weighted by Gasteiger charge is -2.41. The van der Waals surface area contributed by atoms with Gasteiger partial charge in [0.25, 0.3) is 0 Å². The molecule has 0 aromatic rings. The number of hydrogen-bond acceptors (Lipinski definition) is 2. The van der Waals surface area contributed by atoms with Crippen LogP contribution in [0.3, 0.4) is 0 Å². The van der Waals surface area contributed by atoms with Crippen molar-refractivity contribution in [2.75, 3.05) is 13.2 Å². The molecule has 0 amide bonds. The summed E-state index contributed by atoms with van der Waals surface area (Å²) >= 11 is 0. The lowest BCUT2D eigenvalue weighted by molar-refractivity contribution is -0.131. The van der Waals surface area contributed by atoms with Crippen LogP contribution in [0.5, 0.6) is 0 Å². The van der Waals surface area contributed by atoms with E-state index in [2.05, 4.69) is 19.2 Å². The Balaban J connectivity index is 2.57. The minimum atomic E-state index is -4.22. The Bertz CT molecular complexity index is 255. The molecule has 2 unspecified atom stereocenters. The van der Waals surface area contributed by atoms with Crippen LogP contribution in [-0.4, -0.2) is 30.0 Å². The van der Waals surface area contributed by atoms with Gasteiger partial charge in [0, 0.05) is 5.54 Å². The van der Waals surface area contributed by atoms with E-state index in [0.29, 0.717) is 24.7 Å². The summed E-state index contributed by atoms with van der Waals surface area (Å²) in [6.07, 6.45) is 0.0466. The number of nitrogens with one attached hydrogen (secondary N) is 1. The molecule has 2 atom stereocenters. The Morgan fingerprint density at radius 2 is 2.06 bits per heavy atom. The van der Waals surface area contributed by atoms with Gasteiger partial charge in [-0.25, -0.2) is 0 Å². The van der Waals surface area contributed by atoms with Crippen molar-refractivity contribution in [1.29, 1.82) is 0 Å². The molecule has 1 aliphatic rings. The Kier molecular flexibility index (Phi) is 5.46. The van der Waals surface area contributed by atoms with Gasteiger partial charge in [-0.05, 0) is 31.1 Å². The third kappa shape index (κ3) is 5.14. The fraction of sp³-hybridized carbons (Fsp3) is 1.00. The van der Waals surface area contributed by atoms with E-state index in [9.17, 15) is 18.3 Å². The summed E-state index contributed by atoms with van der Waals surface area (Å²) in [5.41, 5.74) is -0.729. The van der Waals surface area contributed by atoms with E-state index in [-0.39, 0.29) is 6.61 Å². The molecule has 2 N–H and O–H groups in total. The molecule has 1 rings (SSSR count). The minimum Gasteiger partial charge on any atom is -0.394 e. The maximum atomic E-state index is 12.3. The molecular formula is C13H24F3NO. The quantitative estimate of drug-likeness (QED) is 0.802. The Morgan fingerprint density at radius 1 is 1.39 bits per heavy atom. The smallest absolute Gasteiger partial charge is 0.394 e. The van der Waals surface area contributed by atoms with Crippen molar-refractivity contribution in [3.8, 4) is 0 Å². The fourth-order valence-corrected chi connectivity index (χ4v) is 3.00. The lowest BCUT2D eigenvalue weighted by atomic mass is 9.73. The van der Waals surface area contributed by atoms with Crippen LogP contribution in [0.15, 0.2) is 0 Å². The number of aliphatic hydroxyl groups excluding tert-OH is 1. The molecular weight excluding hydrogens is 243 g/mol. The number of alkyl halides is 3. The van der Waals surface area contributed by atoms with Crippen molar-refractivity contribution in [3.05, 3.63) is 0 Å². The van der Waals surface area contributed by atoms with Gasteiger partial charge in [0.2, 0.25) is 0 Å². The average molecular weight is 267 g/mol. The lowest BCUT2D eigenvalue weighted by Crippen LogP contribution is -2.54. The van der Waals surface area contributed by atoms with E-state index >= 15 is 0 Å². The van der Waals surface area contributed by atoms with Gasteiger partial charge in [0.05, 0.1) is 13.2 Å². The zero-order valence-electron chi connectivity index (χ0n) is 11.2. The average Bonchev–Trinajstić information content (AvgIpc) is 2.25. The first kappa shape index (κ1) is 15.8. The van der Waals surface area contributed by atoms with Crippen LogP contribution < -0.4 is 5.32 Å². The van der Waals surface area contributed by atoms with E-state index in [0.717, 1.165) is 19.3 Å². The predicted octanol–water partition coefficient (Wildman–Crippen LogP) is 3.11. The van der Waals surface area contributed by atoms with Crippen molar-refractivity contribution in [3.63, 3.8) is 0 Å². The van der Waals surface area contributed by atoms with E-state index in [4.69, 9.17) is 0 Å². The van der Waals surface area contributed by atoms with Gasteiger partial charge >= 0.3 is 6.18 Å². The molecule has 0 saturated heterocycles. The zero-order valence-corrected chi connectivity index (χ0v) is 11.2. The van der Waals surface area contributed by atoms with Gasteiger partial charge in [0.15, 0.2) is 0 Å². The van der Waals surface area contributed by atoms with E-state index in [1.165, 1.54) is 0 Å². The summed E-state index contributed by atoms with van der Waals surface area (Å²) in [5.74, 6) is 0.971. The Hall–Kier alpha value is -0.290. The molecule has 2 nitrogen and oxygen atoms in total. The molecule has 0 aromatic heterocycles. The molecule has 1 aliphatic carbocycles. The van der Waals surface area contributed by atoms with Crippen molar-refractivity contribution in [2.45, 2.75) is 57.7 Å². The predicted molar refractivity (Wildman–Crippen MR) is 65.3 cm³/mol. The molecule has 1 saturated carbocycles. The highest BCUT2D eigenvalue weighted by Crippen LogP contribution is 2.36. The van der Waals surface area contributed by atoms with Gasteiger partial charge in [-0.15, -0.1) is 0 Å². The van der Waals surface area contributed by atoms with Crippen LogP contribution in [0.25, 0.3) is 0 Å².